The summed E-state index contributed by atoms with van der Waals surface area (Å²) in [5.41, 5.74) is -0.157. The molecule has 0 aliphatic heterocycles. The first-order valence-electron chi connectivity index (χ1n) is 7.57. The van der Waals surface area contributed by atoms with Gasteiger partial charge < -0.3 is 15.0 Å². The standard InChI is InChI=1S/C19H15FN2O3/c1-12-10-11-14(18(23)21-12)19(24)22-17-15(20)8-5-9-16(17)25-13-6-3-2-4-7-13/h2-11H,1H3,(H,21,23)(H,22,24). The number of hydrogen-bond donors (Lipinski definition) is 2. The number of carbonyl (C=O) groups excluding carboxylic acids is 1. The molecule has 0 bridgehead atoms. The lowest BCUT2D eigenvalue weighted by molar-refractivity contribution is 0.102. The highest BCUT2D eigenvalue weighted by molar-refractivity contribution is 6.04. The number of benzene rings is 2. The summed E-state index contributed by atoms with van der Waals surface area (Å²) in [5, 5.41) is 2.42. The van der Waals surface area contributed by atoms with Crippen LogP contribution < -0.4 is 15.6 Å². The number of rotatable bonds is 4. The van der Waals surface area contributed by atoms with Gasteiger partial charge in [-0.25, -0.2) is 4.39 Å². The van der Waals surface area contributed by atoms with Crippen LogP contribution in [-0.2, 0) is 0 Å². The predicted molar refractivity (Wildman–Crippen MR) is 92.7 cm³/mol. The molecule has 1 amide bonds. The SMILES string of the molecule is Cc1ccc(C(=O)Nc2c(F)cccc2Oc2ccccc2)c(=O)[nH]1. The fourth-order valence-electron chi connectivity index (χ4n) is 2.26. The third-order valence-electron chi connectivity index (χ3n) is 3.48. The van der Waals surface area contributed by atoms with Gasteiger partial charge in [-0.3, -0.25) is 9.59 Å². The highest BCUT2D eigenvalue weighted by Gasteiger charge is 2.17. The number of ether oxygens (including phenoxy) is 1. The van der Waals surface area contributed by atoms with Crippen LogP contribution in [0.1, 0.15) is 16.1 Å². The zero-order valence-electron chi connectivity index (χ0n) is 13.4. The molecule has 0 spiro atoms. The quantitative estimate of drug-likeness (QED) is 0.759. The van der Waals surface area contributed by atoms with Gasteiger partial charge >= 0.3 is 0 Å². The average Bonchev–Trinajstić information content (AvgIpc) is 2.58. The summed E-state index contributed by atoms with van der Waals surface area (Å²) >= 11 is 0. The van der Waals surface area contributed by atoms with E-state index < -0.39 is 17.3 Å². The first-order chi connectivity index (χ1) is 12.0. The lowest BCUT2D eigenvalue weighted by Gasteiger charge is -2.13. The van der Waals surface area contributed by atoms with E-state index in [0.717, 1.165) is 0 Å². The summed E-state index contributed by atoms with van der Waals surface area (Å²) in [7, 11) is 0. The van der Waals surface area contributed by atoms with Crippen LogP contribution in [0.4, 0.5) is 10.1 Å². The van der Waals surface area contributed by atoms with Crippen LogP contribution in [0.5, 0.6) is 11.5 Å². The van der Waals surface area contributed by atoms with Gasteiger partial charge in [0, 0.05) is 5.69 Å². The molecule has 3 aromatic rings. The smallest absolute Gasteiger partial charge is 0.261 e. The van der Waals surface area contributed by atoms with Gasteiger partial charge in [0.2, 0.25) is 0 Å². The second kappa shape index (κ2) is 7.00. The molecular weight excluding hydrogens is 323 g/mol. The van der Waals surface area contributed by atoms with E-state index in [1.54, 1.807) is 37.3 Å². The number of aryl methyl sites for hydroxylation is 1. The number of hydrogen-bond acceptors (Lipinski definition) is 3. The van der Waals surface area contributed by atoms with Crippen molar-refractivity contribution < 1.29 is 13.9 Å². The van der Waals surface area contributed by atoms with Crippen molar-refractivity contribution in [3.63, 3.8) is 0 Å². The van der Waals surface area contributed by atoms with Crippen molar-refractivity contribution in [2.75, 3.05) is 5.32 Å². The van der Waals surface area contributed by atoms with Crippen molar-refractivity contribution in [3.8, 4) is 11.5 Å². The van der Waals surface area contributed by atoms with Crippen molar-refractivity contribution in [2.24, 2.45) is 0 Å². The Morgan fingerprint density at radius 1 is 1.04 bits per heavy atom. The second-order valence-electron chi connectivity index (χ2n) is 5.37. The number of para-hydroxylation sites is 2. The molecule has 2 aromatic carbocycles. The Morgan fingerprint density at radius 2 is 1.80 bits per heavy atom. The van der Waals surface area contributed by atoms with E-state index in [0.29, 0.717) is 11.4 Å². The van der Waals surface area contributed by atoms with Gasteiger partial charge in [0.1, 0.15) is 17.0 Å². The highest BCUT2D eigenvalue weighted by atomic mass is 19.1. The minimum absolute atomic E-state index is 0.112. The number of anilines is 1. The molecule has 0 aliphatic rings. The molecule has 126 valence electrons. The zero-order chi connectivity index (χ0) is 17.8. The molecule has 5 nitrogen and oxygen atoms in total. The summed E-state index contributed by atoms with van der Waals surface area (Å²) in [4.78, 5) is 26.8. The molecule has 25 heavy (non-hydrogen) atoms. The Bertz CT molecular complexity index is 968. The van der Waals surface area contributed by atoms with E-state index in [9.17, 15) is 14.0 Å². The number of halogens is 1. The van der Waals surface area contributed by atoms with Crippen LogP contribution >= 0.6 is 0 Å². The Labute approximate surface area is 143 Å². The molecule has 3 rings (SSSR count). The number of amides is 1. The minimum atomic E-state index is -0.718. The van der Waals surface area contributed by atoms with Gasteiger partial charge in [0.05, 0.1) is 0 Å². The third-order valence-corrected chi connectivity index (χ3v) is 3.48. The maximum absolute atomic E-state index is 14.2. The lowest BCUT2D eigenvalue weighted by Crippen LogP contribution is -2.24. The normalized spacial score (nSPS) is 10.3. The molecule has 1 aromatic heterocycles. The molecule has 0 fully saturated rings. The zero-order valence-corrected chi connectivity index (χ0v) is 13.4. The van der Waals surface area contributed by atoms with Crippen molar-refractivity contribution >= 4 is 11.6 Å². The Morgan fingerprint density at radius 3 is 2.52 bits per heavy atom. The number of H-pyrrole nitrogens is 1. The fourth-order valence-corrected chi connectivity index (χ4v) is 2.26. The van der Waals surface area contributed by atoms with Gasteiger partial charge in [0.25, 0.3) is 11.5 Å². The number of nitrogens with one attached hydrogen (secondary N) is 2. The number of aromatic amines is 1. The topological polar surface area (TPSA) is 71.2 Å². The average molecular weight is 338 g/mol. The minimum Gasteiger partial charge on any atom is -0.455 e. The first-order valence-corrected chi connectivity index (χ1v) is 7.57. The number of aromatic nitrogens is 1. The highest BCUT2D eigenvalue weighted by Crippen LogP contribution is 2.31. The van der Waals surface area contributed by atoms with Crippen LogP contribution in [0.15, 0.2) is 65.5 Å². The van der Waals surface area contributed by atoms with Crippen molar-refractivity contribution in [3.05, 3.63) is 88.1 Å². The Balaban J connectivity index is 1.91. The van der Waals surface area contributed by atoms with E-state index in [-0.39, 0.29) is 17.0 Å². The van der Waals surface area contributed by atoms with Crippen LogP contribution in [0.25, 0.3) is 0 Å². The summed E-state index contributed by atoms with van der Waals surface area (Å²) in [6, 6.07) is 16.0. The number of pyridine rings is 1. The van der Waals surface area contributed by atoms with E-state index >= 15 is 0 Å². The first kappa shape index (κ1) is 16.4. The molecule has 0 saturated heterocycles. The lowest BCUT2D eigenvalue weighted by atomic mass is 10.2. The van der Waals surface area contributed by atoms with Gasteiger partial charge in [-0.1, -0.05) is 24.3 Å². The molecule has 0 radical (unpaired) electrons. The van der Waals surface area contributed by atoms with Crippen molar-refractivity contribution in [1.29, 1.82) is 0 Å². The predicted octanol–water partition coefficient (Wildman–Crippen LogP) is 3.87. The number of carbonyl (C=O) groups is 1. The molecule has 0 unspecified atom stereocenters. The Kier molecular flexibility index (Phi) is 4.61. The maximum atomic E-state index is 14.2. The summed E-state index contributed by atoms with van der Waals surface area (Å²) < 4.78 is 19.8. The molecule has 0 atom stereocenters. The van der Waals surface area contributed by atoms with Gasteiger partial charge in [0.15, 0.2) is 11.6 Å². The fraction of sp³-hybridized carbons (Fsp3) is 0.0526. The van der Waals surface area contributed by atoms with Crippen LogP contribution in [-0.4, -0.2) is 10.9 Å². The second-order valence-corrected chi connectivity index (χ2v) is 5.37. The summed E-state index contributed by atoms with van der Waals surface area (Å²) in [5.74, 6) is -0.741. The van der Waals surface area contributed by atoms with E-state index in [4.69, 9.17) is 4.74 Å². The molecular formula is C19H15FN2O3. The molecule has 0 aliphatic carbocycles. The van der Waals surface area contributed by atoms with E-state index in [1.807, 2.05) is 6.07 Å². The Hall–Kier alpha value is -3.41. The molecule has 6 heteroatoms. The van der Waals surface area contributed by atoms with Crippen LogP contribution in [0.3, 0.4) is 0 Å². The van der Waals surface area contributed by atoms with Crippen molar-refractivity contribution in [2.45, 2.75) is 6.92 Å². The van der Waals surface area contributed by atoms with E-state index in [2.05, 4.69) is 10.3 Å². The monoisotopic (exact) mass is 338 g/mol. The summed E-state index contributed by atoms with van der Waals surface area (Å²) in [6.07, 6.45) is 0. The van der Waals surface area contributed by atoms with Crippen molar-refractivity contribution in [1.82, 2.24) is 4.98 Å². The third kappa shape index (κ3) is 3.74. The largest absolute Gasteiger partial charge is 0.455 e. The molecule has 1 heterocycles. The van der Waals surface area contributed by atoms with E-state index in [1.165, 1.54) is 24.3 Å². The van der Waals surface area contributed by atoms with Gasteiger partial charge in [-0.2, -0.15) is 0 Å². The summed E-state index contributed by atoms with van der Waals surface area (Å²) in [6.45, 7) is 1.70. The molecule has 0 saturated carbocycles. The van der Waals surface area contributed by atoms with Gasteiger partial charge in [-0.15, -0.1) is 0 Å². The van der Waals surface area contributed by atoms with Crippen LogP contribution in [0.2, 0.25) is 0 Å². The van der Waals surface area contributed by atoms with Crippen LogP contribution in [0, 0.1) is 12.7 Å². The maximum Gasteiger partial charge on any atom is 0.261 e. The molecule has 2 N–H and O–H groups in total. The van der Waals surface area contributed by atoms with Gasteiger partial charge in [-0.05, 0) is 43.3 Å².